The first kappa shape index (κ1) is 23.1. The van der Waals surface area contributed by atoms with Crippen LogP contribution in [0.2, 0.25) is 25.2 Å². The number of hydrogen-bond donors (Lipinski definition) is 0. The van der Waals surface area contributed by atoms with Gasteiger partial charge in [0, 0.05) is 19.3 Å². The van der Waals surface area contributed by atoms with E-state index in [-0.39, 0.29) is 0 Å². The largest absolute Gasteiger partial charge is 0.435 e. The van der Waals surface area contributed by atoms with Gasteiger partial charge in [-0.25, -0.2) is 0 Å². The third-order valence-corrected chi connectivity index (χ3v) is 11.5. The van der Waals surface area contributed by atoms with E-state index in [0.717, 1.165) is 54.8 Å². The van der Waals surface area contributed by atoms with Crippen molar-refractivity contribution in [3.63, 3.8) is 0 Å². The van der Waals surface area contributed by atoms with Gasteiger partial charge in [-0.05, 0) is 62.1 Å². The van der Waals surface area contributed by atoms with Gasteiger partial charge in [0.15, 0.2) is 8.32 Å². The van der Waals surface area contributed by atoms with Crippen molar-refractivity contribution in [2.24, 2.45) is 0 Å². The summed E-state index contributed by atoms with van der Waals surface area (Å²) in [5.41, 5.74) is 1.51. The third-order valence-electron chi connectivity index (χ3n) is 4.99. The van der Waals surface area contributed by atoms with E-state index < -0.39 is 36.1 Å². The Morgan fingerprint density at radius 1 is 1.32 bits per heavy atom. The minimum Gasteiger partial charge on any atom is -0.435 e. The van der Waals surface area contributed by atoms with Gasteiger partial charge in [-0.3, -0.25) is 4.79 Å². The molecule has 0 bridgehead atoms. The Bertz CT molecular complexity index is 660. The topological polar surface area (TPSA) is 38.8 Å². The Hall–Kier alpha value is -1.17. The normalized spacial score (nSPS) is 21.8. The quantitative estimate of drug-likeness (QED) is 0.590. The van der Waals surface area contributed by atoms with Crippen LogP contribution in [0.3, 0.4) is 0 Å². The molecule has 1 aliphatic heterocycles. The van der Waals surface area contributed by atoms with Crippen LogP contribution in [-0.4, -0.2) is 43.3 Å². The first-order chi connectivity index (χ1) is 13.1. The number of carbonyl (C=O) groups excluding carboxylic acids is 1. The number of aryl methyl sites for hydroxylation is 1. The van der Waals surface area contributed by atoms with Gasteiger partial charge in [0.1, 0.15) is 6.42 Å². The van der Waals surface area contributed by atoms with Gasteiger partial charge in [-0.15, -0.1) is 0 Å². The molecule has 1 amide bonds. The average Bonchev–Trinajstić information content (AvgIpc) is 2.58. The minimum absolute atomic E-state index is 0.491. The zero-order chi connectivity index (χ0) is 20.8. The lowest BCUT2D eigenvalue weighted by atomic mass is 10.1. The fraction of sp³-hybridized carbons (Fsp3) is 0.632. The molecule has 157 valence electrons. The van der Waals surface area contributed by atoms with Crippen LogP contribution in [0.4, 0.5) is 18.9 Å². The van der Waals surface area contributed by atoms with Crippen LogP contribution < -0.4 is 4.90 Å². The fourth-order valence-electron chi connectivity index (χ4n) is 3.44. The third kappa shape index (κ3) is 7.69. The molecule has 0 aromatic heterocycles. The second-order valence-electron chi connectivity index (χ2n) is 7.62. The van der Waals surface area contributed by atoms with Gasteiger partial charge in [0.25, 0.3) is 0 Å². The molecule has 9 heteroatoms. The van der Waals surface area contributed by atoms with Gasteiger partial charge < -0.3 is 13.4 Å². The standard InChI is InChI=1S/C19H29F3NO3Si2/c1-23(18(24)15-19(20,21)22)17-10-6-8-16(14-17)9-7-13-28(3)12-5-4-11-25-27(2)26-28/h6,8,10,14H,4-5,7,9,11-13,15H2,1-3H3. The van der Waals surface area contributed by atoms with Crippen molar-refractivity contribution in [1.29, 1.82) is 0 Å². The molecule has 2 rings (SSSR count). The van der Waals surface area contributed by atoms with E-state index in [9.17, 15) is 18.0 Å². The Morgan fingerprint density at radius 2 is 2.07 bits per heavy atom. The van der Waals surface area contributed by atoms with Crippen LogP contribution in [0.15, 0.2) is 24.3 Å². The highest BCUT2D eigenvalue weighted by Gasteiger charge is 2.34. The smallest absolute Gasteiger partial charge is 0.397 e. The molecule has 1 aliphatic rings. The number of halogens is 3. The highest BCUT2D eigenvalue weighted by atomic mass is 28.4. The monoisotopic (exact) mass is 432 g/mol. The Labute approximate surface area is 168 Å². The van der Waals surface area contributed by atoms with E-state index >= 15 is 0 Å². The number of benzene rings is 1. The Kier molecular flexibility index (Phi) is 8.29. The van der Waals surface area contributed by atoms with Crippen LogP contribution >= 0.6 is 0 Å². The fourth-order valence-corrected chi connectivity index (χ4v) is 9.87. The SMILES string of the molecule is CN(C(=O)CC(F)(F)F)c1cccc(CCC[Si]2(C)CCCCO[Si](C)O2)c1. The van der Waals surface area contributed by atoms with E-state index in [1.165, 1.54) is 7.05 Å². The zero-order valence-corrected chi connectivity index (χ0v) is 18.8. The summed E-state index contributed by atoms with van der Waals surface area (Å²) < 4.78 is 49.4. The van der Waals surface area contributed by atoms with Crippen molar-refractivity contribution >= 4 is 29.2 Å². The highest BCUT2D eigenvalue weighted by molar-refractivity contribution is 6.78. The van der Waals surface area contributed by atoms with Crippen LogP contribution in [0.25, 0.3) is 0 Å². The summed E-state index contributed by atoms with van der Waals surface area (Å²) in [4.78, 5) is 12.9. The summed E-state index contributed by atoms with van der Waals surface area (Å²) in [6, 6.07) is 9.38. The molecule has 0 aliphatic carbocycles. The zero-order valence-electron chi connectivity index (χ0n) is 16.8. The summed E-state index contributed by atoms with van der Waals surface area (Å²) in [5, 5.41) is 0. The molecule has 4 nitrogen and oxygen atoms in total. The minimum atomic E-state index is -4.50. The molecule has 1 heterocycles. The molecule has 28 heavy (non-hydrogen) atoms. The van der Waals surface area contributed by atoms with Crippen LogP contribution in [-0.2, 0) is 19.8 Å². The summed E-state index contributed by atoms with van der Waals surface area (Å²) >= 11 is 0. The van der Waals surface area contributed by atoms with E-state index in [0.29, 0.717) is 5.69 Å². The van der Waals surface area contributed by atoms with E-state index in [1.54, 1.807) is 18.2 Å². The number of amides is 1. The Balaban J connectivity index is 1.92. The summed E-state index contributed by atoms with van der Waals surface area (Å²) in [6.45, 7) is 5.12. The summed E-state index contributed by atoms with van der Waals surface area (Å²) in [7, 11) is -1.57. The van der Waals surface area contributed by atoms with Gasteiger partial charge in [0.05, 0.1) is 0 Å². The lowest BCUT2D eigenvalue weighted by molar-refractivity contribution is -0.151. The molecule has 1 unspecified atom stereocenters. The number of alkyl halides is 3. The molecule has 1 radical (unpaired) electrons. The van der Waals surface area contributed by atoms with E-state index in [2.05, 4.69) is 13.1 Å². The molecule has 1 atom stereocenters. The van der Waals surface area contributed by atoms with Gasteiger partial charge in [0.2, 0.25) is 5.91 Å². The van der Waals surface area contributed by atoms with Gasteiger partial charge >= 0.3 is 15.5 Å². The number of anilines is 1. The maximum absolute atomic E-state index is 12.5. The van der Waals surface area contributed by atoms with Crippen LogP contribution in [0, 0.1) is 0 Å². The van der Waals surface area contributed by atoms with Crippen molar-refractivity contribution in [1.82, 2.24) is 0 Å². The predicted molar refractivity (Wildman–Crippen MR) is 108 cm³/mol. The van der Waals surface area contributed by atoms with E-state index in [1.807, 2.05) is 6.07 Å². The van der Waals surface area contributed by atoms with Gasteiger partial charge in [-0.1, -0.05) is 18.6 Å². The highest BCUT2D eigenvalue weighted by Crippen LogP contribution is 2.27. The van der Waals surface area contributed by atoms with Gasteiger partial charge in [-0.2, -0.15) is 13.2 Å². The molecule has 1 aromatic rings. The summed E-state index contributed by atoms with van der Waals surface area (Å²) in [6.07, 6.45) is -1.94. The number of rotatable bonds is 6. The predicted octanol–water partition coefficient (Wildman–Crippen LogP) is 5.05. The van der Waals surface area contributed by atoms with Crippen molar-refractivity contribution in [3.8, 4) is 0 Å². The molecule has 1 saturated heterocycles. The molecule has 0 N–H and O–H groups in total. The maximum atomic E-state index is 12.5. The average molecular weight is 433 g/mol. The first-order valence-electron chi connectivity index (χ1n) is 9.66. The molecule has 1 fully saturated rings. The molecule has 0 saturated carbocycles. The van der Waals surface area contributed by atoms with Crippen molar-refractivity contribution in [2.75, 3.05) is 18.6 Å². The number of carbonyl (C=O) groups is 1. The van der Waals surface area contributed by atoms with Crippen molar-refractivity contribution < 1.29 is 26.5 Å². The lowest BCUT2D eigenvalue weighted by Crippen LogP contribution is -2.42. The molecule has 1 aromatic carbocycles. The van der Waals surface area contributed by atoms with Crippen molar-refractivity contribution in [3.05, 3.63) is 29.8 Å². The molecular weight excluding hydrogens is 403 g/mol. The molecule has 0 spiro atoms. The second-order valence-corrected chi connectivity index (χ2v) is 13.6. The second kappa shape index (κ2) is 10.0. The van der Waals surface area contributed by atoms with Crippen LogP contribution in [0.5, 0.6) is 0 Å². The Morgan fingerprint density at radius 3 is 2.79 bits per heavy atom. The summed E-state index contributed by atoms with van der Waals surface area (Å²) in [5.74, 6) is -0.954. The van der Waals surface area contributed by atoms with Crippen molar-refractivity contribution in [2.45, 2.75) is 63.5 Å². The number of nitrogens with zero attached hydrogens (tertiary/aromatic N) is 1. The van der Waals surface area contributed by atoms with Crippen LogP contribution in [0.1, 0.15) is 31.2 Å². The van der Waals surface area contributed by atoms with E-state index in [4.69, 9.17) is 8.54 Å². The molecular formula is C19H29F3NO3Si2. The first-order valence-corrected chi connectivity index (χ1v) is 14.3. The lowest BCUT2D eigenvalue weighted by Gasteiger charge is -2.32. The number of hydrogen-bond acceptors (Lipinski definition) is 3. The maximum Gasteiger partial charge on any atom is 0.397 e.